The molecule has 2 aromatic carbocycles. The molecular weight excluding hydrogens is 428 g/mol. The molecule has 2 aromatic rings. The van der Waals surface area contributed by atoms with E-state index in [-0.39, 0.29) is 28.7 Å². The van der Waals surface area contributed by atoms with Gasteiger partial charge in [0, 0.05) is 22.4 Å². The molecule has 0 N–H and O–H groups in total. The molecule has 0 unspecified atom stereocenters. The van der Waals surface area contributed by atoms with Crippen LogP contribution in [0.1, 0.15) is 18.4 Å². The molecule has 0 aromatic heterocycles. The molecule has 2 saturated heterocycles. The lowest BCUT2D eigenvalue weighted by molar-refractivity contribution is -0.117. The number of carbonyl (C=O) groups is 1. The Morgan fingerprint density at radius 1 is 1.10 bits per heavy atom. The number of fused-ring (bicyclic) bond motifs is 1. The highest BCUT2D eigenvalue weighted by Gasteiger charge is 2.49. The molecule has 0 saturated carbocycles. The summed E-state index contributed by atoms with van der Waals surface area (Å²) in [5.74, 6) is 0.0209. The van der Waals surface area contributed by atoms with Gasteiger partial charge in [-0.25, -0.2) is 8.42 Å². The predicted octanol–water partition coefficient (Wildman–Crippen LogP) is 3.96. The van der Waals surface area contributed by atoms with Crippen LogP contribution in [-0.4, -0.2) is 42.3 Å². The number of sulfone groups is 1. The Morgan fingerprint density at radius 2 is 1.83 bits per heavy atom. The summed E-state index contributed by atoms with van der Waals surface area (Å²) in [5.41, 5.74) is 2.01. The summed E-state index contributed by atoms with van der Waals surface area (Å²) in [6.07, 6.45) is 1.92. The van der Waals surface area contributed by atoms with Crippen molar-refractivity contribution in [2.24, 2.45) is 4.99 Å². The number of hydrogen-bond acceptors (Lipinski definition) is 4. The van der Waals surface area contributed by atoms with E-state index in [1.165, 1.54) is 17.3 Å². The van der Waals surface area contributed by atoms with E-state index in [1.807, 2.05) is 47.4 Å². The summed E-state index contributed by atoms with van der Waals surface area (Å²) < 4.78 is 24.2. The Labute approximate surface area is 180 Å². The smallest absolute Gasteiger partial charge is 0.248 e. The maximum absolute atomic E-state index is 12.5. The topological polar surface area (TPSA) is 66.8 Å². The summed E-state index contributed by atoms with van der Waals surface area (Å²) in [6.45, 7) is 0. The van der Waals surface area contributed by atoms with Crippen LogP contribution in [0.4, 0.5) is 5.69 Å². The van der Waals surface area contributed by atoms with Gasteiger partial charge in [0.1, 0.15) is 0 Å². The third-order valence-electron chi connectivity index (χ3n) is 5.09. The van der Waals surface area contributed by atoms with Gasteiger partial charge in [0.2, 0.25) is 5.91 Å². The summed E-state index contributed by atoms with van der Waals surface area (Å²) in [5, 5.41) is 1.08. The van der Waals surface area contributed by atoms with Crippen molar-refractivity contribution in [2.45, 2.75) is 30.6 Å². The van der Waals surface area contributed by atoms with Crippen LogP contribution in [0, 0.1) is 0 Å². The minimum absolute atomic E-state index is 0.0779. The van der Waals surface area contributed by atoms with E-state index < -0.39 is 9.84 Å². The van der Waals surface area contributed by atoms with Crippen molar-refractivity contribution in [3.05, 3.63) is 65.2 Å². The Bertz CT molecular complexity index is 1020. The third-order valence-corrected chi connectivity index (χ3v) is 8.55. The highest BCUT2D eigenvalue weighted by molar-refractivity contribution is 8.16. The lowest BCUT2D eigenvalue weighted by atomic mass is 10.1. The molecule has 4 rings (SSSR count). The highest BCUT2D eigenvalue weighted by Crippen LogP contribution is 2.41. The standard InChI is InChI=1S/C21H21ClN2O3S2/c22-16-9-11-17(12-10-16)24-18-13-29(26,27)14-19(18)28-21(24)23-20(25)8-4-7-15-5-2-1-3-6-15/h1-3,5-6,9-12,18-19H,4,7-8,13-14H2/t18-,19-/m1/s1. The number of anilines is 1. The van der Waals surface area contributed by atoms with E-state index in [4.69, 9.17) is 11.6 Å². The first kappa shape index (κ1) is 20.4. The number of carbonyl (C=O) groups excluding carboxylic acids is 1. The first-order valence-electron chi connectivity index (χ1n) is 9.49. The molecular formula is C21H21ClN2O3S2. The fraction of sp³-hybridized carbons (Fsp3) is 0.333. The van der Waals surface area contributed by atoms with E-state index in [0.29, 0.717) is 16.6 Å². The Morgan fingerprint density at radius 3 is 2.55 bits per heavy atom. The summed E-state index contributed by atoms with van der Waals surface area (Å²) in [6, 6.07) is 17.0. The van der Waals surface area contributed by atoms with Gasteiger partial charge < -0.3 is 4.90 Å². The second-order valence-corrected chi connectivity index (χ2v) is 11.1. The molecule has 0 bridgehead atoms. The van der Waals surface area contributed by atoms with Gasteiger partial charge in [-0.2, -0.15) is 4.99 Å². The number of benzene rings is 2. The summed E-state index contributed by atoms with van der Waals surface area (Å²) in [7, 11) is -3.08. The second kappa shape index (κ2) is 8.50. The third kappa shape index (κ3) is 4.85. The molecule has 0 radical (unpaired) electrons. The van der Waals surface area contributed by atoms with Crippen LogP contribution >= 0.6 is 23.4 Å². The number of rotatable bonds is 5. The average molecular weight is 449 g/mol. The number of hydrogen-bond donors (Lipinski definition) is 0. The van der Waals surface area contributed by atoms with Crippen LogP contribution in [0.2, 0.25) is 5.02 Å². The van der Waals surface area contributed by atoms with Crippen LogP contribution < -0.4 is 4.90 Å². The summed E-state index contributed by atoms with van der Waals surface area (Å²) in [4.78, 5) is 18.8. The predicted molar refractivity (Wildman–Crippen MR) is 120 cm³/mol. The molecule has 0 aliphatic carbocycles. The molecule has 152 valence electrons. The van der Waals surface area contributed by atoms with Gasteiger partial charge in [0.05, 0.1) is 17.5 Å². The van der Waals surface area contributed by atoms with E-state index in [1.54, 1.807) is 12.1 Å². The van der Waals surface area contributed by atoms with Crippen molar-refractivity contribution in [3.63, 3.8) is 0 Å². The van der Waals surface area contributed by atoms with Crippen molar-refractivity contribution in [1.29, 1.82) is 0 Å². The van der Waals surface area contributed by atoms with Crippen molar-refractivity contribution in [3.8, 4) is 0 Å². The number of thioether (sulfide) groups is 1. The normalized spacial score (nSPS) is 24.0. The van der Waals surface area contributed by atoms with E-state index in [2.05, 4.69) is 4.99 Å². The van der Waals surface area contributed by atoms with Crippen LogP contribution in [0.3, 0.4) is 0 Å². The van der Waals surface area contributed by atoms with E-state index in [0.717, 1.165) is 18.5 Å². The molecule has 2 atom stereocenters. The molecule has 29 heavy (non-hydrogen) atoms. The number of nitrogens with zero attached hydrogens (tertiary/aromatic N) is 2. The van der Waals surface area contributed by atoms with Crippen LogP contribution in [0.15, 0.2) is 59.6 Å². The number of amidine groups is 1. The van der Waals surface area contributed by atoms with E-state index in [9.17, 15) is 13.2 Å². The van der Waals surface area contributed by atoms with Gasteiger partial charge in [0.25, 0.3) is 0 Å². The van der Waals surface area contributed by atoms with Crippen molar-refractivity contribution in [1.82, 2.24) is 0 Å². The zero-order valence-corrected chi connectivity index (χ0v) is 18.1. The van der Waals surface area contributed by atoms with Crippen molar-refractivity contribution >= 4 is 50.0 Å². The van der Waals surface area contributed by atoms with Crippen LogP contribution in [0.5, 0.6) is 0 Å². The molecule has 8 heteroatoms. The SMILES string of the molecule is O=C(CCCc1ccccc1)N=C1S[C@@H]2CS(=O)(=O)C[C@H]2N1c1ccc(Cl)cc1. The maximum atomic E-state index is 12.5. The van der Waals surface area contributed by atoms with Gasteiger partial charge in [-0.15, -0.1) is 0 Å². The van der Waals surface area contributed by atoms with Gasteiger partial charge in [-0.05, 0) is 42.7 Å². The largest absolute Gasteiger partial charge is 0.316 e. The van der Waals surface area contributed by atoms with Crippen LogP contribution in [0.25, 0.3) is 0 Å². The summed E-state index contributed by atoms with van der Waals surface area (Å²) >= 11 is 7.39. The van der Waals surface area contributed by atoms with Gasteiger partial charge in [-0.1, -0.05) is 53.7 Å². The minimum Gasteiger partial charge on any atom is -0.316 e. The van der Waals surface area contributed by atoms with E-state index >= 15 is 0 Å². The molecule has 2 aliphatic heterocycles. The Balaban J connectivity index is 1.50. The first-order valence-corrected chi connectivity index (χ1v) is 12.6. The molecule has 2 fully saturated rings. The number of amides is 1. The highest BCUT2D eigenvalue weighted by atomic mass is 35.5. The first-order chi connectivity index (χ1) is 13.9. The Kier molecular flexibility index (Phi) is 5.99. The lowest BCUT2D eigenvalue weighted by Gasteiger charge is -2.24. The van der Waals surface area contributed by atoms with Crippen LogP contribution in [-0.2, 0) is 21.1 Å². The van der Waals surface area contributed by atoms with Gasteiger partial charge >= 0.3 is 0 Å². The molecule has 2 heterocycles. The molecule has 5 nitrogen and oxygen atoms in total. The number of aliphatic imine (C=N–C) groups is 1. The molecule has 0 spiro atoms. The Hall–Kier alpha value is -1.83. The molecule has 2 aliphatic rings. The minimum atomic E-state index is -3.08. The lowest BCUT2D eigenvalue weighted by Crippen LogP contribution is -2.37. The zero-order valence-electron chi connectivity index (χ0n) is 15.7. The fourth-order valence-electron chi connectivity index (χ4n) is 3.72. The van der Waals surface area contributed by atoms with Crippen molar-refractivity contribution < 1.29 is 13.2 Å². The van der Waals surface area contributed by atoms with Gasteiger partial charge in [-0.3, -0.25) is 4.79 Å². The molecule has 1 amide bonds. The fourth-order valence-corrected chi connectivity index (χ4v) is 7.78. The monoisotopic (exact) mass is 448 g/mol. The van der Waals surface area contributed by atoms with Gasteiger partial charge in [0.15, 0.2) is 15.0 Å². The average Bonchev–Trinajstić information content (AvgIpc) is 3.14. The maximum Gasteiger partial charge on any atom is 0.248 e. The second-order valence-electron chi connectivity index (χ2n) is 7.27. The number of aryl methyl sites for hydroxylation is 1. The quantitative estimate of drug-likeness (QED) is 0.692. The zero-order chi connectivity index (χ0) is 20.4. The van der Waals surface area contributed by atoms with Crippen molar-refractivity contribution in [2.75, 3.05) is 16.4 Å². The number of halogens is 1.